The summed E-state index contributed by atoms with van der Waals surface area (Å²) < 4.78 is 22.4. The van der Waals surface area contributed by atoms with Gasteiger partial charge in [0.2, 0.25) is 0 Å². The normalized spacial score (nSPS) is 33.5. The molecule has 1 aromatic rings. The molecule has 1 saturated heterocycles. The van der Waals surface area contributed by atoms with Crippen LogP contribution < -0.4 is 11.1 Å². The standard InChI is InChI=1S/C10H16N5O7P/c11-8-5-9(13-2-12-8)15(3-14-5)10-6(17)7(4(1-16)21-10)22-23(18,19)20/h2-4,6-8,10,16-17H,1,11H2,(H,12,13)(H2,18,19,20). The van der Waals surface area contributed by atoms with Gasteiger partial charge in [-0.05, 0) is 0 Å². The van der Waals surface area contributed by atoms with Gasteiger partial charge in [0.15, 0.2) is 6.23 Å². The largest absolute Gasteiger partial charge is 0.470 e. The van der Waals surface area contributed by atoms with E-state index in [-0.39, 0.29) is 0 Å². The molecule has 12 nitrogen and oxygen atoms in total. The fraction of sp³-hybridized carbons (Fsp3) is 0.600. The number of rotatable bonds is 4. The number of ether oxygens (including phenoxy) is 1. The van der Waals surface area contributed by atoms with Crippen molar-refractivity contribution in [2.24, 2.45) is 10.7 Å². The number of aliphatic imine (C=N–C) groups is 1. The van der Waals surface area contributed by atoms with Gasteiger partial charge in [0.25, 0.3) is 0 Å². The Labute approximate surface area is 129 Å². The highest BCUT2D eigenvalue weighted by Gasteiger charge is 2.48. The average Bonchev–Trinajstić information content (AvgIpc) is 3.01. The number of nitrogens with one attached hydrogen (secondary N) is 1. The lowest BCUT2D eigenvalue weighted by Gasteiger charge is -2.22. The van der Waals surface area contributed by atoms with E-state index in [1.807, 2.05) is 0 Å². The van der Waals surface area contributed by atoms with Crippen molar-refractivity contribution < 1.29 is 33.8 Å². The van der Waals surface area contributed by atoms with Crippen LogP contribution in [0.4, 0.5) is 5.82 Å². The van der Waals surface area contributed by atoms with Crippen LogP contribution in [0.5, 0.6) is 0 Å². The number of phosphoric ester groups is 1. The molecule has 0 radical (unpaired) electrons. The number of hydrogen-bond acceptors (Lipinski definition) is 9. The predicted molar refractivity (Wildman–Crippen MR) is 75.2 cm³/mol. The third-order valence-corrected chi connectivity index (χ3v) is 4.08. The molecular weight excluding hydrogens is 333 g/mol. The van der Waals surface area contributed by atoms with E-state index >= 15 is 0 Å². The third kappa shape index (κ3) is 3.03. The molecule has 23 heavy (non-hydrogen) atoms. The van der Waals surface area contributed by atoms with Crippen molar-refractivity contribution in [3.8, 4) is 0 Å². The molecule has 0 amide bonds. The van der Waals surface area contributed by atoms with Crippen LogP contribution in [0.25, 0.3) is 0 Å². The molecule has 0 aliphatic carbocycles. The Balaban J connectivity index is 1.89. The molecule has 0 saturated carbocycles. The number of aliphatic hydroxyl groups excluding tert-OH is 2. The van der Waals surface area contributed by atoms with Gasteiger partial charge in [-0.2, -0.15) is 0 Å². The summed E-state index contributed by atoms with van der Waals surface area (Å²) in [6.45, 7) is -0.594. The summed E-state index contributed by atoms with van der Waals surface area (Å²) >= 11 is 0. The van der Waals surface area contributed by atoms with E-state index in [4.69, 9.17) is 20.3 Å². The lowest BCUT2D eigenvalue weighted by Crippen LogP contribution is -2.35. The van der Waals surface area contributed by atoms with Gasteiger partial charge in [-0.1, -0.05) is 0 Å². The highest BCUT2D eigenvalue weighted by molar-refractivity contribution is 7.46. The maximum absolute atomic E-state index is 11.0. The zero-order valence-corrected chi connectivity index (χ0v) is 12.5. The second-order valence-corrected chi connectivity index (χ2v) is 6.24. The molecule has 7 N–H and O–H groups in total. The fourth-order valence-electron chi connectivity index (χ4n) is 2.57. The van der Waals surface area contributed by atoms with Crippen LogP contribution in [0.2, 0.25) is 0 Å². The van der Waals surface area contributed by atoms with Gasteiger partial charge < -0.3 is 35.8 Å². The smallest absolute Gasteiger partial charge is 0.394 e. The minimum atomic E-state index is -4.87. The molecule has 0 spiro atoms. The van der Waals surface area contributed by atoms with E-state index in [2.05, 4.69) is 19.8 Å². The van der Waals surface area contributed by atoms with Crippen molar-refractivity contribution in [2.45, 2.75) is 30.7 Å². The summed E-state index contributed by atoms with van der Waals surface area (Å²) in [6.07, 6.45) is -3.03. The van der Waals surface area contributed by atoms with Crippen molar-refractivity contribution in [1.82, 2.24) is 9.55 Å². The van der Waals surface area contributed by atoms with Crippen LogP contribution in [0.1, 0.15) is 18.1 Å². The Bertz CT molecular complexity index is 660. The molecule has 3 heterocycles. The minimum absolute atomic E-state index is 0.420. The molecule has 2 aliphatic heterocycles. The van der Waals surface area contributed by atoms with Crippen LogP contribution >= 0.6 is 7.82 Å². The number of aliphatic hydroxyl groups is 2. The fourth-order valence-corrected chi connectivity index (χ4v) is 3.15. The Morgan fingerprint density at radius 1 is 1.52 bits per heavy atom. The summed E-state index contributed by atoms with van der Waals surface area (Å²) in [5.74, 6) is 0.421. The number of aromatic nitrogens is 2. The summed E-state index contributed by atoms with van der Waals surface area (Å²) in [5, 5.41) is 22.4. The summed E-state index contributed by atoms with van der Waals surface area (Å²) in [6, 6.07) is 0. The zero-order valence-electron chi connectivity index (χ0n) is 11.6. The first kappa shape index (κ1) is 16.5. The lowest BCUT2D eigenvalue weighted by atomic mass is 10.1. The third-order valence-electron chi connectivity index (χ3n) is 3.56. The highest BCUT2D eigenvalue weighted by atomic mass is 31.2. The maximum atomic E-state index is 11.0. The number of hydrogen-bond donors (Lipinski definition) is 6. The average molecular weight is 349 g/mol. The molecule has 13 heteroatoms. The van der Waals surface area contributed by atoms with Gasteiger partial charge >= 0.3 is 7.82 Å². The van der Waals surface area contributed by atoms with Gasteiger partial charge in [0.1, 0.15) is 36.0 Å². The Kier molecular flexibility index (Phi) is 4.25. The number of phosphoric acid groups is 1. The quantitative estimate of drug-likeness (QED) is 0.333. The molecule has 0 bridgehead atoms. The van der Waals surface area contributed by atoms with Gasteiger partial charge in [0.05, 0.1) is 19.3 Å². The van der Waals surface area contributed by atoms with Crippen molar-refractivity contribution in [3.05, 3.63) is 12.0 Å². The van der Waals surface area contributed by atoms with Crippen LogP contribution in [0, 0.1) is 0 Å². The molecule has 1 aromatic heterocycles. The van der Waals surface area contributed by atoms with E-state index in [1.54, 1.807) is 0 Å². The first-order valence-corrected chi connectivity index (χ1v) is 8.13. The van der Waals surface area contributed by atoms with Crippen molar-refractivity contribution in [2.75, 3.05) is 11.9 Å². The highest BCUT2D eigenvalue weighted by Crippen LogP contribution is 2.44. The number of fused-ring (bicyclic) bond motifs is 1. The maximum Gasteiger partial charge on any atom is 0.470 e. The van der Waals surface area contributed by atoms with Crippen molar-refractivity contribution >= 4 is 20.0 Å². The second-order valence-electron chi connectivity index (χ2n) is 5.05. The van der Waals surface area contributed by atoms with Gasteiger partial charge in [-0.3, -0.25) is 14.1 Å². The first-order chi connectivity index (χ1) is 10.8. The van der Waals surface area contributed by atoms with E-state index in [0.29, 0.717) is 11.5 Å². The summed E-state index contributed by atoms with van der Waals surface area (Å²) in [7, 11) is -4.87. The topological polar surface area (TPSA) is 185 Å². The van der Waals surface area contributed by atoms with Crippen LogP contribution in [-0.2, 0) is 13.8 Å². The van der Waals surface area contributed by atoms with Crippen molar-refractivity contribution in [3.63, 3.8) is 0 Å². The number of anilines is 1. The van der Waals surface area contributed by atoms with E-state index in [0.717, 1.165) is 0 Å². The SMILES string of the molecule is NC1N=CNc2c1ncn2C1OC(CO)C(OP(=O)(O)O)C1O. The van der Waals surface area contributed by atoms with Gasteiger partial charge in [0, 0.05) is 0 Å². The van der Waals surface area contributed by atoms with E-state index in [1.165, 1.54) is 17.2 Å². The molecule has 5 unspecified atom stereocenters. The van der Waals surface area contributed by atoms with Crippen LogP contribution in [0.15, 0.2) is 11.3 Å². The molecule has 0 aromatic carbocycles. The number of imidazole rings is 1. The Morgan fingerprint density at radius 2 is 2.26 bits per heavy atom. The van der Waals surface area contributed by atoms with E-state index in [9.17, 15) is 14.8 Å². The molecule has 5 atom stereocenters. The lowest BCUT2D eigenvalue weighted by molar-refractivity contribution is -0.0516. The molecular formula is C10H16N5O7P. The Morgan fingerprint density at radius 3 is 2.91 bits per heavy atom. The molecule has 1 fully saturated rings. The first-order valence-electron chi connectivity index (χ1n) is 6.60. The van der Waals surface area contributed by atoms with Gasteiger partial charge in [-0.25, -0.2) is 9.55 Å². The molecule has 3 rings (SSSR count). The van der Waals surface area contributed by atoms with E-state index < -0.39 is 45.1 Å². The molecule has 128 valence electrons. The number of nitrogens with zero attached hydrogens (tertiary/aromatic N) is 3. The monoisotopic (exact) mass is 349 g/mol. The minimum Gasteiger partial charge on any atom is -0.394 e. The van der Waals surface area contributed by atoms with Gasteiger partial charge in [-0.15, -0.1) is 0 Å². The zero-order chi connectivity index (χ0) is 16.8. The molecule has 2 aliphatic rings. The summed E-state index contributed by atoms with van der Waals surface area (Å²) in [5.41, 5.74) is 6.19. The summed E-state index contributed by atoms with van der Waals surface area (Å²) in [4.78, 5) is 25.9. The number of nitrogens with two attached hydrogens (primary N) is 1. The van der Waals surface area contributed by atoms with Crippen LogP contribution in [0.3, 0.4) is 0 Å². The predicted octanol–water partition coefficient (Wildman–Crippen LogP) is -1.98. The van der Waals surface area contributed by atoms with Crippen LogP contribution in [-0.4, -0.2) is 60.8 Å². The Hall–Kier alpha value is -1.37. The second kappa shape index (κ2) is 5.92. The van der Waals surface area contributed by atoms with Crippen molar-refractivity contribution in [1.29, 1.82) is 0 Å².